The maximum Gasteiger partial charge on any atom is 0.296 e. The third-order valence-corrected chi connectivity index (χ3v) is 8.97. The number of benzene rings is 3. The molecule has 1 aliphatic rings. The summed E-state index contributed by atoms with van der Waals surface area (Å²) in [6.45, 7) is 4.42. The van der Waals surface area contributed by atoms with Crippen molar-refractivity contribution >= 4 is 80.2 Å². The normalized spacial score (nSPS) is 14.3. The summed E-state index contributed by atoms with van der Waals surface area (Å²) >= 11 is 15.3. The summed E-state index contributed by atoms with van der Waals surface area (Å²) in [5.74, 6) is 0.800. The highest BCUT2D eigenvalue weighted by molar-refractivity contribution is 14.1. The smallest absolute Gasteiger partial charge is 0.296 e. The second-order valence-corrected chi connectivity index (χ2v) is 12.3. The Balaban J connectivity index is 1.46. The monoisotopic (exact) mass is 717 g/mol. The molecule has 1 aliphatic heterocycles. The van der Waals surface area contributed by atoms with Gasteiger partial charge in [0, 0.05) is 17.6 Å². The Kier molecular flexibility index (Phi) is 8.93. The number of carbonyl (C=O) groups is 1. The van der Waals surface area contributed by atoms with E-state index in [1.807, 2.05) is 73.7 Å². The Morgan fingerprint density at radius 1 is 1.05 bits per heavy atom. The van der Waals surface area contributed by atoms with Gasteiger partial charge in [-0.1, -0.05) is 72.0 Å². The first-order valence-electron chi connectivity index (χ1n) is 12.7. The van der Waals surface area contributed by atoms with Crippen LogP contribution < -0.4 is 19.9 Å². The minimum Gasteiger partial charge on any atom is -0.490 e. The number of halogens is 2. The number of rotatable bonds is 8. The lowest BCUT2D eigenvalue weighted by molar-refractivity contribution is -0.113. The molecular weight excluding hydrogens is 693 g/mol. The molecule has 0 unspecified atom stereocenters. The van der Waals surface area contributed by atoms with Crippen LogP contribution in [0.1, 0.15) is 23.7 Å². The Bertz CT molecular complexity index is 1750. The SMILES string of the molecule is CCOc1cc(/C=C2/SC(=S)N(c3c(C)n(C)n(-c4ccccc4)c3=O)C2=O)cc(I)c1OCc1ccccc1Cl. The van der Waals surface area contributed by atoms with E-state index < -0.39 is 0 Å². The molecule has 0 bridgehead atoms. The van der Waals surface area contributed by atoms with E-state index in [0.29, 0.717) is 43.7 Å². The van der Waals surface area contributed by atoms with E-state index >= 15 is 0 Å². The van der Waals surface area contributed by atoms with Gasteiger partial charge in [0.15, 0.2) is 15.8 Å². The lowest BCUT2D eigenvalue weighted by Crippen LogP contribution is -2.33. The molecule has 0 atom stereocenters. The highest BCUT2D eigenvalue weighted by Crippen LogP contribution is 2.39. The lowest BCUT2D eigenvalue weighted by Gasteiger charge is -2.15. The van der Waals surface area contributed by atoms with E-state index in [9.17, 15) is 9.59 Å². The summed E-state index contributed by atoms with van der Waals surface area (Å²) in [6, 6.07) is 20.5. The first-order valence-corrected chi connectivity index (χ1v) is 15.3. The van der Waals surface area contributed by atoms with Gasteiger partial charge >= 0.3 is 0 Å². The average Bonchev–Trinajstić information content (AvgIpc) is 3.34. The quantitative estimate of drug-likeness (QED) is 0.110. The molecule has 0 aliphatic carbocycles. The van der Waals surface area contributed by atoms with Gasteiger partial charge in [-0.3, -0.25) is 19.2 Å². The van der Waals surface area contributed by atoms with Crippen molar-refractivity contribution in [2.75, 3.05) is 11.5 Å². The zero-order valence-electron chi connectivity index (χ0n) is 22.4. The fourth-order valence-corrected chi connectivity index (χ4v) is 6.71. The van der Waals surface area contributed by atoms with Crippen molar-refractivity contribution in [3.05, 3.63) is 107 Å². The van der Waals surface area contributed by atoms with Gasteiger partial charge in [-0.05, 0) is 78.4 Å². The standard InChI is InChI=1S/C30H25ClIN3O4S2/c1-4-38-24-15-19(14-23(32)27(24)39-17-20-10-8-9-13-22(20)31)16-25-28(36)34(30(40)41-25)26-18(2)33(3)35(29(26)37)21-11-6-5-7-12-21/h5-16H,4,17H2,1-3H3/b25-16+. The molecule has 1 saturated heterocycles. The Labute approximate surface area is 265 Å². The van der Waals surface area contributed by atoms with Crippen LogP contribution in [0.4, 0.5) is 5.69 Å². The summed E-state index contributed by atoms with van der Waals surface area (Å²) in [5.41, 5.74) is 2.87. The number of carbonyl (C=O) groups excluding carboxylic acids is 1. The number of thioether (sulfide) groups is 1. The van der Waals surface area contributed by atoms with Crippen LogP contribution >= 0.6 is 58.2 Å². The van der Waals surface area contributed by atoms with E-state index in [-0.39, 0.29) is 23.8 Å². The lowest BCUT2D eigenvalue weighted by atomic mass is 10.1. The molecule has 4 aromatic rings. The molecule has 210 valence electrons. The van der Waals surface area contributed by atoms with Gasteiger partial charge in [-0.2, -0.15) is 0 Å². The maximum atomic E-state index is 13.7. The summed E-state index contributed by atoms with van der Waals surface area (Å²) < 4.78 is 16.4. The molecular formula is C30H25ClIN3O4S2. The van der Waals surface area contributed by atoms with Gasteiger partial charge in [-0.25, -0.2) is 4.68 Å². The van der Waals surface area contributed by atoms with Gasteiger partial charge in [-0.15, -0.1) is 0 Å². The number of para-hydroxylation sites is 1. The van der Waals surface area contributed by atoms with E-state index in [0.717, 1.165) is 26.5 Å². The van der Waals surface area contributed by atoms with E-state index in [1.54, 1.807) is 24.7 Å². The van der Waals surface area contributed by atoms with Crippen LogP contribution in [0.3, 0.4) is 0 Å². The number of nitrogens with zero attached hydrogens (tertiary/aromatic N) is 3. The molecule has 7 nitrogen and oxygen atoms in total. The van der Waals surface area contributed by atoms with Crippen LogP contribution in [0.15, 0.2) is 76.4 Å². The second kappa shape index (κ2) is 12.4. The van der Waals surface area contributed by atoms with Crippen LogP contribution in [-0.2, 0) is 18.4 Å². The number of ether oxygens (including phenoxy) is 2. The van der Waals surface area contributed by atoms with Crippen molar-refractivity contribution in [1.29, 1.82) is 0 Å². The molecule has 5 rings (SSSR count). The number of amides is 1. The fourth-order valence-electron chi connectivity index (χ4n) is 4.46. The largest absolute Gasteiger partial charge is 0.490 e. The van der Waals surface area contributed by atoms with Crippen LogP contribution in [0.25, 0.3) is 11.8 Å². The first kappa shape index (κ1) is 29.4. The van der Waals surface area contributed by atoms with Crippen molar-refractivity contribution in [3.63, 3.8) is 0 Å². The second-order valence-electron chi connectivity index (χ2n) is 9.07. The summed E-state index contributed by atoms with van der Waals surface area (Å²) in [7, 11) is 1.79. The number of thiocarbonyl (C=S) groups is 1. The van der Waals surface area contributed by atoms with Gasteiger partial charge < -0.3 is 9.47 Å². The molecule has 1 fully saturated rings. The summed E-state index contributed by atoms with van der Waals surface area (Å²) in [5, 5.41) is 0.628. The van der Waals surface area contributed by atoms with Crippen LogP contribution in [-0.4, -0.2) is 26.2 Å². The molecule has 0 saturated carbocycles. The summed E-state index contributed by atoms with van der Waals surface area (Å²) in [6.07, 6.45) is 1.76. The predicted octanol–water partition coefficient (Wildman–Crippen LogP) is 7.13. The first-order chi connectivity index (χ1) is 19.7. The Hall–Kier alpha value is -3.06. The highest BCUT2D eigenvalue weighted by atomic mass is 127. The van der Waals surface area contributed by atoms with E-state index in [2.05, 4.69) is 22.6 Å². The predicted molar refractivity (Wildman–Crippen MR) is 178 cm³/mol. The van der Waals surface area contributed by atoms with Crippen molar-refractivity contribution in [2.45, 2.75) is 20.5 Å². The van der Waals surface area contributed by atoms with Crippen molar-refractivity contribution in [2.24, 2.45) is 7.05 Å². The fraction of sp³-hybridized carbons (Fsp3) is 0.167. The van der Waals surface area contributed by atoms with Crippen molar-refractivity contribution < 1.29 is 14.3 Å². The molecule has 41 heavy (non-hydrogen) atoms. The molecule has 2 heterocycles. The molecule has 0 radical (unpaired) electrons. The average molecular weight is 718 g/mol. The van der Waals surface area contributed by atoms with Gasteiger partial charge in [0.2, 0.25) is 0 Å². The number of anilines is 1. The van der Waals surface area contributed by atoms with Crippen LogP contribution in [0.5, 0.6) is 11.5 Å². The number of aromatic nitrogens is 2. The van der Waals surface area contributed by atoms with Crippen molar-refractivity contribution in [3.8, 4) is 17.2 Å². The maximum absolute atomic E-state index is 13.7. The molecule has 3 aromatic carbocycles. The minimum absolute atomic E-state index is 0.246. The zero-order chi connectivity index (χ0) is 29.3. The highest BCUT2D eigenvalue weighted by Gasteiger charge is 2.37. The number of hydrogen-bond acceptors (Lipinski definition) is 6. The van der Waals surface area contributed by atoms with Crippen molar-refractivity contribution in [1.82, 2.24) is 9.36 Å². The van der Waals surface area contributed by atoms with E-state index in [1.165, 1.54) is 9.58 Å². The number of hydrogen-bond donors (Lipinski definition) is 0. The van der Waals surface area contributed by atoms with E-state index in [4.69, 9.17) is 33.3 Å². The summed E-state index contributed by atoms with van der Waals surface area (Å²) in [4.78, 5) is 29.0. The third-order valence-electron chi connectivity index (χ3n) is 6.50. The molecule has 1 aromatic heterocycles. The Morgan fingerprint density at radius 3 is 2.46 bits per heavy atom. The van der Waals surface area contributed by atoms with Crippen LogP contribution in [0.2, 0.25) is 5.02 Å². The minimum atomic E-state index is -0.349. The third kappa shape index (κ3) is 5.83. The zero-order valence-corrected chi connectivity index (χ0v) is 26.9. The van der Waals surface area contributed by atoms with Crippen LogP contribution in [0, 0.1) is 10.5 Å². The Morgan fingerprint density at radius 2 is 1.76 bits per heavy atom. The molecule has 11 heteroatoms. The topological polar surface area (TPSA) is 65.7 Å². The molecule has 0 spiro atoms. The van der Waals surface area contributed by atoms with Gasteiger partial charge in [0.25, 0.3) is 11.5 Å². The van der Waals surface area contributed by atoms with Gasteiger partial charge in [0.1, 0.15) is 12.3 Å². The molecule has 0 N–H and O–H groups in total. The molecule has 1 amide bonds. The van der Waals surface area contributed by atoms with Gasteiger partial charge in [0.05, 0.1) is 26.5 Å².